The Morgan fingerprint density at radius 2 is 2.05 bits per heavy atom. The average Bonchev–Trinajstić information content (AvgIpc) is 2.96. The maximum absolute atomic E-state index is 12.3. The smallest absolute Gasteiger partial charge is 0.227 e. The topological polar surface area (TPSA) is 79.7 Å². The Morgan fingerprint density at radius 3 is 2.70 bits per heavy atom. The standard InChI is InChI=1S/C15H18N2O3/c16-13-5-1-2-6-14(13)17(9-10-18)15(19)8-7-12-4-3-11-20-12/h1-6,11,18H,7-10,16H2. The summed E-state index contributed by atoms with van der Waals surface area (Å²) in [4.78, 5) is 13.8. The van der Waals surface area contributed by atoms with Crippen LogP contribution in [-0.4, -0.2) is 24.2 Å². The van der Waals surface area contributed by atoms with Crippen molar-refractivity contribution in [3.63, 3.8) is 0 Å². The summed E-state index contributed by atoms with van der Waals surface area (Å²) in [6, 6.07) is 10.8. The molecule has 0 spiro atoms. The fraction of sp³-hybridized carbons (Fsp3) is 0.267. The zero-order valence-corrected chi connectivity index (χ0v) is 11.2. The van der Waals surface area contributed by atoms with E-state index in [1.165, 1.54) is 4.90 Å². The van der Waals surface area contributed by atoms with Crippen molar-refractivity contribution in [1.29, 1.82) is 0 Å². The number of furan rings is 1. The Balaban J connectivity index is 2.08. The molecule has 1 heterocycles. The van der Waals surface area contributed by atoms with Crippen LogP contribution in [-0.2, 0) is 11.2 Å². The Labute approximate surface area is 117 Å². The third-order valence-corrected chi connectivity index (χ3v) is 3.02. The van der Waals surface area contributed by atoms with Gasteiger partial charge >= 0.3 is 0 Å². The highest BCUT2D eigenvalue weighted by Crippen LogP contribution is 2.23. The molecule has 0 aliphatic rings. The molecule has 0 saturated heterocycles. The molecule has 106 valence electrons. The highest BCUT2D eigenvalue weighted by Gasteiger charge is 2.17. The lowest BCUT2D eigenvalue weighted by Crippen LogP contribution is -2.34. The second kappa shape index (κ2) is 6.77. The average molecular weight is 274 g/mol. The van der Waals surface area contributed by atoms with E-state index in [0.717, 1.165) is 5.76 Å². The first-order valence-corrected chi connectivity index (χ1v) is 6.50. The molecule has 3 N–H and O–H groups in total. The van der Waals surface area contributed by atoms with E-state index < -0.39 is 0 Å². The number of para-hydroxylation sites is 2. The van der Waals surface area contributed by atoms with Gasteiger partial charge in [-0.05, 0) is 24.3 Å². The molecule has 0 bridgehead atoms. The number of aliphatic hydroxyl groups excluding tert-OH is 1. The number of amides is 1. The minimum Gasteiger partial charge on any atom is -0.469 e. The number of carbonyl (C=O) groups excluding carboxylic acids is 1. The van der Waals surface area contributed by atoms with E-state index in [9.17, 15) is 4.79 Å². The van der Waals surface area contributed by atoms with Crippen LogP contribution in [0.2, 0.25) is 0 Å². The monoisotopic (exact) mass is 274 g/mol. The number of nitrogens with zero attached hydrogens (tertiary/aromatic N) is 1. The summed E-state index contributed by atoms with van der Waals surface area (Å²) in [6.45, 7) is 0.117. The first-order valence-electron chi connectivity index (χ1n) is 6.50. The van der Waals surface area contributed by atoms with E-state index >= 15 is 0 Å². The fourth-order valence-electron chi connectivity index (χ4n) is 2.03. The summed E-state index contributed by atoms with van der Waals surface area (Å²) in [5.41, 5.74) is 7.04. The first-order chi connectivity index (χ1) is 9.72. The first kappa shape index (κ1) is 14.1. The Bertz CT molecular complexity index is 552. The third kappa shape index (κ3) is 3.39. The number of aryl methyl sites for hydroxylation is 1. The van der Waals surface area contributed by atoms with Gasteiger partial charge in [-0.3, -0.25) is 4.79 Å². The van der Waals surface area contributed by atoms with Gasteiger partial charge in [-0.1, -0.05) is 12.1 Å². The van der Waals surface area contributed by atoms with Crippen LogP contribution in [0.3, 0.4) is 0 Å². The zero-order valence-electron chi connectivity index (χ0n) is 11.2. The lowest BCUT2D eigenvalue weighted by molar-refractivity contribution is -0.118. The number of nitrogen functional groups attached to an aromatic ring is 1. The number of hydrogen-bond donors (Lipinski definition) is 2. The Hall–Kier alpha value is -2.27. The van der Waals surface area contributed by atoms with Gasteiger partial charge in [-0.15, -0.1) is 0 Å². The van der Waals surface area contributed by atoms with E-state index in [0.29, 0.717) is 24.2 Å². The number of rotatable bonds is 6. The summed E-state index contributed by atoms with van der Waals surface area (Å²) in [5, 5.41) is 9.14. The highest BCUT2D eigenvalue weighted by molar-refractivity contribution is 5.96. The molecule has 0 aliphatic carbocycles. The van der Waals surface area contributed by atoms with Crippen LogP contribution in [0.25, 0.3) is 0 Å². The Kier molecular flexibility index (Phi) is 4.79. The molecule has 0 saturated carbocycles. The van der Waals surface area contributed by atoms with Crippen LogP contribution >= 0.6 is 0 Å². The van der Waals surface area contributed by atoms with Gasteiger partial charge < -0.3 is 20.2 Å². The fourth-order valence-corrected chi connectivity index (χ4v) is 2.03. The van der Waals surface area contributed by atoms with Crippen molar-refractivity contribution in [3.8, 4) is 0 Å². The number of hydrogen-bond acceptors (Lipinski definition) is 4. The molecule has 5 nitrogen and oxygen atoms in total. The molecule has 0 atom stereocenters. The summed E-state index contributed by atoms with van der Waals surface area (Å²) in [6.07, 6.45) is 2.42. The van der Waals surface area contributed by atoms with Crippen molar-refractivity contribution >= 4 is 17.3 Å². The van der Waals surface area contributed by atoms with E-state index in [2.05, 4.69) is 0 Å². The van der Waals surface area contributed by atoms with Crippen molar-refractivity contribution in [1.82, 2.24) is 0 Å². The molecule has 1 aromatic heterocycles. The molecule has 20 heavy (non-hydrogen) atoms. The van der Waals surface area contributed by atoms with Crippen molar-refractivity contribution in [2.24, 2.45) is 0 Å². The van der Waals surface area contributed by atoms with E-state index in [1.807, 2.05) is 18.2 Å². The predicted molar refractivity (Wildman–Crippen MR) is 77.3 cm³/mol. The van der Waals surface area contributed by atoms with Crippen LogP contribution in [0.1, 0.15) is 12.2 Å². The quantitative estimate of drug-likeness (QED) is 0.787. The molecule has 0 unspecified atom stereocenters. The number of aliphatic hydroxyl groups is 1. The lowest BCUT2D eigenvalue weighted by atomic mass is 10.2. The summed E-state index contributed by atoms with van der Waals surface area (Å²) in [5.74, 6) is 0.677. The van der Waals surface area contributed by atoms with Crippen LogP contribution in [0.15, 0.2) is 47.1 Å². The van der Waals surface area contributed by atoms with Gasteiger partial charge in [0.2, 0.25) is 5.91 Å². The van der Waals surface area contributed by atoms with Crippen LogP contribution in [0.5, 0.6) is 0 Å². The van der Waals surface area contributed by atoms with E-state index in [1.54, 1.807) is 24.5 Å². The highest BCUT2D eigenvalue weighted by atomic mass is 16.3. The maximum Gasteiger partial charge on any atom is 0.227 e. The van der Waals surface area contributed by atoms with E-state index in [-0.39, 0.29) is 19.1 Å². The molecule has 0 fully saturated rings. The summed E-state index contributed by atoms with van der Waals surface area (Å²) < 4.78 is 5.21. The van der Waals surface area contributed by atoms with Crippen molar-refractivity contribution in [3.05, 3.63) is 48.4 Å². The van der Waals surface area contributed by atoms with Gasteiger partial charge in [0.15, 0.2) is 0 Å². The zero-order chi connectivity index (χ0) is 14.4. The summed E-state index contributed by atoms with van der Waals surface area (Å²) in [7, 11) is 0. The van der Waals surface area contributed by atoms with Crippen LogP contribution in [0, 0.1) is 0 Å². The van der Waals surface area contributed by atoms with Crippen LogP contribution in [0.4, 0.5) is 11.4 Å². The van der Waals surface area contributed by atoms with Crippen molar-refractivity contribution in [2.45, 2.75) is 12.8 Å². The minimum atomic E-state index is -0.110. The second-order valence-corrected chi connectivity index (χ2v) is 4.41. The summed E-state index contributed by atoms with van der Waals surface area (Å²) >= 11 is 0. The minimum absolute atomic E-state index is 0.0895. The SMILES string of the molecule is Nc1ccccc1N(CCO)C(=O)CCc1ccco1. The Morgan fingerprint density at radius 1 is 1.25 bits per heavy atom. The third-order valence-electron chi connectivity index (χ3n) is 3.02. The second-order valence-electron chi connectivity index (χ2n) is 4.41. The molecule has 5 heteroatoms. The molecule has 0 radical (unpaired) electrons. The molecular formula is C15H18N2O3. The van der Waals surface area contributed by atoms with Gasteiger partial charge in [0.25, 0.3) is 0 Å². The molecule has 2 aromatic rings. The van der Waals surface area contributed by atoms with Crippen molar-refractivity contribution in [2.75, 3.05) is 23.8 Å². The lowest BCUT2D eigenvalue weighted by Gasteiger charge is -2.23. The molecule has 1 amide bonds. The van der Waals surface area contributed by atoms with Gasteiger partial charge in [-0.2, -0.15) is 0 Å². The van der Waals surface area contributed by atoms with Gasteiger partial charge in [0.1, 0.15) is 5.76 Å². The molecule has 0 aliphatic heterocycles. The number of carbonyl (C=O) groups is 1. The normalized spacial score (nSPS) is 10.4. The number of benzene rings is 1. The van der Waals surface area contributed by atoms with Crippen LogP contribution < -0.4 is 10.6 Å². The number of anilines is 2. The van der Waals surface area contributed by atoms with Crippen molar-refractivity contribution < 1.29 is 14.3 Å². The predicted octanol–water partition coefficient (Wildman–Crippen LogP) is 1.82. The number of nitrogens with two attached hydrogens (primary N) is 1. The van der Waals surface area contributed by atoms with Gasteiger partial charge in [0.05, 0.1) is 24.2 Å². The molecule has 1 aromatic carbocycles. The molecular weight excluding hydrogens is 256 g/mol. The van der Waals surface area contributed by atoms with Gasteiger partial charge in [0, 0.05) is 19.4 Å². The molecule has 2 rings (SSSR count). The largest absolute Gasteiger partial charge is 0.469 e. The van der Waals surface area contributed by atoms with E-state index in [4.69, 9.17) is 15.3 Å². The maximum atomic E-state index is 12.3. The van der Waals surface area contributed by atoms with Gasteiger partial charge in [-0.25, -0.2) is 0 Å².